The van der Waals surface area contributed by atoms with E-state index >= 15 is 0 Å². The summed E-state index contributed by atoms with van der Waals surface area (Å²) in [5.41, 5.74) is 3.58. The molecule has 0 aliphatic heterocycles. The van der Waals surface area contributed by atoms with Crippen LogP contribution >= 0.6 is 15.9 Å². The maximum absolute atomic E-state index is 14.1. The summed E-state index contributed by atoms with van der Waals surface area (Å²) >= 11 is 3.23. The minimum absolute atomic E-state index is 0.322. The molecule has 0 saturated carbocycles. The largest absolute Gasteiger partial charge is 0.496 e. The van der Waals surface area contributed by atoms with Crippen molar-refractivity contribution in [2.75, 3.05) is 7.11 Å². The summed E-state index contributed by atoms with van der Waals surface area (Å²) in [4.78, 5) is 0. The Morgan fingerprint density at radius 1 is 1.29 bits per heavy atom. The predicted octanol–water partition coefficient (Wildman–Crippen LogP) is 3.48. The number of halogens is 3. The number of methoxy groups -OCH3 is 1. The second kappa shape index (κ2) is 6.98. The third-order valence-electron chi connectivity index (χ3n) is 3.14. The fraction of sp³-hybridized carbons (Fsp3) is 0.200. The highest BCUT2D eigenvalue weighted by Gasteiger charge is 2.20. The molecule has 2 aromatic rings. The minimum atomic E-state index is -0.533. The van der Waals surface area contributed by atoms with Crippen molar-refractivity contribution >= 4 is 15.9 Å². The molecule has 0 fully saturated rings. The van der Waals surface area contributed by atoms with Crippen LogP contribution in [-0.2, 0) is 6.42 Å². The standard InChI is InChI=1S/C15H15BrF2N2O/c1-21-14-4-2-3-12(18)15(14)13(20-19)7-9-5-10(16)8-11(17)6-9/h2-6,8,13,20H,7,19H2,1H3. The van der Waals surface area contributed by atoms with Crippen molar-refractivity contribution < 1.29 is 13.5 Å². The molecule has 0 aromatic heterocycles. The maximum Gasteiger partial charge on any atom is 0.131 e. The Kier molecular flexibility index (Phi) is 5.27. The zero-order valence-corrected chi connectivity index (χ0v) is 13.0. The average Bonchev–Trinajstić information content (AvgIpc) is 2.44. The number of benzene rings is 2. The number of hydrogen-bond acceptors (Lipinski definition) is 3. The monoisotopic (exact) mass is 356 g/mol. The van der Waals surface area contributed by atoms with E-state index in [4.69, 9.17) is 10.6 Å². The highest BCUT2D eigenvalue weighted by molar-refractivity contribution is 9.10. The Morgan fingerprint density at radius 2 is 2.05 bits per heavy atom. The van der Waals surface area contributed by atoms with Gasteiger partial charge in [0.15, 0.2) is 0 Å². The molecule has 0 radical (unpaired) electrons. The molecule has 2 aromatic carbocycles. The number of nitrogens with two attached hydrogens (primary N) is 1. The molecule has 0 spiro atoms. The normalized spacial score (nSPS) is 12.2. The molecule has 0 saturated heterocycles. The highest BCUT2D eigenvalue weighted by atomic mass is 79.9. The summed E-state index contributed by atoms with van der Waals surface area (Å²) in [6, 6.07) is 8.54. The molecule has 0 aliphatic carbocycles. The van der Waals surface area contributed by atoms with Crippen LogP contribution in [0.4, 0.5) is 8.78 Å². The topological polar surface area (TPSA) is 47.3 Å². The Labute approximate surface area is 130 Å². The number of hydrogen-bond donors (Lipinski definition) is 2. The zero-order valence-electron chi connectivity index (χ0n) is 11.4. The molecule has 112 valence electrons. The van der Waals surface area contributed by atoms with Gasteiger partial charge in [0, 0.05) is 10.0 Å². The van der Waals surface area contributed by atoms with Gasteiger partial charge in [0.25, 0.3) is 0 Å². The zero-order chi connectivity index (χ0) is 15.4. The van der Waals surface area contributed by atoms with Gasteiger partial charge in [-0.25, -0.2) is 8.78 Å². The Morgan fingerprint density at radius 3 is 2.67 bits per heavy atom. The molecule has 3 N–H and O–H groups in total. The van der Waals surface area contributed by atoms with Crippen molar-refractivity contribution in [1.82, 2.24) is 5.43 Å². The van der Waals surface area contributed by atoms with Crippen LogP contribution in [-0.4, -0.2) is 7.11 Å². The first-order chi connectivity index (χ1) is 10.0. The van der Waals surface area contributed by atoms with Crippen molar-refractivity contribution in [3.63, 3.8) is 0 Å². The molecular formula is C15H15BrF2N2O. The van der Waals surface area contributed by atoms with Crippen molar-refractivity contribution in [1.29, 1.82) is 0 Å². The molecule has 0 heterocycles. The third kappa shape index (κ3) is 3.78. The van der Waals surface area contributed by atoms with E-state index in [9.17, 15) is 8.78 Å². The van der Waals surface area contributed by atoms with Crippen LogP contribution in [0, 0.1) is 11.6 Å². The summed E-state index contributed by atoms with van der Waals surface area (Å²) < 4.78 is 33.3. The van der Waals surface area contributed by atoms with E-state index in [1.807, 2.05) is 0 Å². The smallest absolute Gasteiger partial charge is 0.131 e. The van der Waals surface area contributed by atoms with Gasteiger partial charge in [0.05, 0.1) is 13.2 Å². The van der Waals surface area contributed by atoms with Crippen molar-refractivity contribution in [3.8, 4) is 5.75 Å². The summed E-state index contributed by atoms with van der Waals surface area (Å²) in [5, 5.41) is 0. The fourth-order valence-electron chi connectivity index (χ4n) is 2.24. The lowest BCUT2D eigenvalue weighted by molar-refractivity contribution is 0.390. The second-order valence-electron chi connectivity index (χ2n) is 4.56. The molecule has 1 unspecified atom stereocenters. The molecule has 0 amide bonds. The molecule has 6 heteroatoms. The van der Waals surface area contributed by atoms with E-state index in [0.29, 0.717) is 27.8 Å². The van der Waals surface area contributed by atoms with E-state index in [1.165, 1.54) is 25.3 Å². The number of rotatable bonds is 5. The van der Waals surface area contributed by atoms with Gasteiger partial charge in [-0.2, -0.15) is 0 Å². The van der Waals surface area contributed by atoms with Crippen LogP contribution in [0.2, 0.25) is 0 Å². The lowest BCUT2D eigenvalue weighted by atomic mass is 9.98. The van der Waals surface area contributed by atoms with Gasteiger partial charge < -0.3 is 4.74 Å². The van der Waals surface area contributed by atoms with E-state index in [2.05, 4.69) is 21.4 Å². The van der Waals surface area contributed by atoms with Gasteiger partial charge in [-0.15, -0.1) is 0 Å². The summed E-state index contributed by atoms with van der Waals surface area (Å²) in [7, 11) is 1.46. The molecular weight excluding hydrogens is 342 g/mol. The van der Waals surface area contributed by atoms with Crippen molar-refractivity contribution in [3.05, 3.63) is 63.6 Å². The lowest BCUT2D eigenvalue weighted by Gasteiger charge is -2.20. The Bertz CT molecular complexity index is 617. The summed E-state index contributed by atoms with van der Waals surface area (Å²) in [6.45, 7) is 0. The van der Waals surface area contributed by atoms with Gasteiger partial charge in [-0.3, -0.25) is 11.3 Å². The van der Waals surface area contributed by atoms with Crippen LogP contribution in [0.5, 0.6) is 5.75 Å². The SMILES string of the molecule is COc1cccc(F)c1C(Cc1cc(F)cc(Br)c1)NN. The first kappa shape index (κ1) is 15.9. The first-order valence-electron chi connectivity index (χ1n) is 6.28. The maximum atomic E-state index is 14.1. The van der Waals surface area contributed by atoms with E-state index in [-0.39, 0.29) is 5.82 Å². The van der Waals surface area contributed by atoms with Gasteiger partial charge in [-0.05, 0) is 42.3 Å². The number of nitrogens with one attached hydrogen (secondary N) is 1. The van der Waals surface area contributed by atoms with Crippen LogP contribution in [0.25, 0.3) is 0 Å². The minimum Gasteiger partial charge on any atom is -0.496 e. The fourth-order valence-corrected chi connectivity index (χ4v) is 2.75. The van der Waals surface area contributed by atoms with Gasteiger partial charge in [-0.1, -0.05) is 22.0 Å². The summed E-state index contributed by atoms with van der Waals surface area (Å²) in [6.07, 6.45) is 0.324. The highest BCUT2D eigenvalue weighted by Crippen LogP contribution is 2.30. The van der Waals surface area contributed by atoms with Gasteiger partial charge >= 0.3 is 0 Å². The third-order valence-corrected chi connectivity index (χ3v) is 3.60. The Balaban J connectivity index is 2.36. The van der Waals surface area contributed by atoms with Crippen molar-refractivity contribution in [2.24, 2.45) is 5.84 Å². The first-order valence-corrected chi connectivity index (χ1v) is 7.08. The molecule has 3 nitrogen and oxygen atoms in total. The number of ether oxygens (including phenoxy) is 1. The lowest BCUT2D eigenvalue weighted by Crippen LogP contribution is -2.30. The van der Waals surface area contributed by atoms with Crippen LogP contribution in [0.1, 0.15) is 17.2 Å². The average molecular weight is 357 g/mol. The van der Waals surface area contributed by atoms with Crippen LogP contribution in [0.3, 0.4) is 0 Å². The van der Waals surface area contributed by atoms with E-state index < -0.39 is 11.9 Å². The Hall–Kier alpha value is -1.50. The predicted molar refractivity (Wildman–Crippen MR) is 80.8 cm³/mol. The molecule has 0 bridgehead atoms. The van der Waals surface area contributed by atoms with E-state index in [1.54, 1.807) is 18.2 Å². The van der Waals surface area contributed by atoms with Crippen LogP contribution < -0.4 is 16.0 Å². The second-order valence-corrected chi connectivity index (χ2v) is 5.47. The van der Waals surface area contributed by atoms with Crippen LogP contribution in [0.15, 0.2) is 40.9 Å². The number of hydrazine groups is 1. The molecule has 21 heavy (non-hydrogen) atoms. The van der Waals surface area contributed by atoms with Crippen molar-refractivity contribution in [2.45, 2.75) is 12.5 Å². The molecule has 1 atom stereocenters. The molecule has 0 aliphatic rings. The quantitative estimate of drug-likeness (QED) is 0.636. The molecule has 2 rings (SSSR count). The van der Waals surface area contributed by atoms with E-state index in [0.717, 1.165) is 0 Å². The summed E-state index contributed by atoms with van der Waals surface area (Å²) in [5.74, 6) is 5.15. The van der Waals surface area contributed by atoms with Gasteiger partial charge in [0.2, 0.25) is 0 Å². The van der Waals surface area contributed by atoms with Gasteiger partial charge in [0.1, 0.15) is 17.4 Å².